The molecule has 0 fully saturated rings. The highest BCUT2D eigenvalue weighted by atomic mass is 16.2. The molecule has 4 heteroatoms. The van der Waals surface area contributed by atoms with Crippen LogP contribution in [0.5, 0.6) is 0 Å². The van der Waals surface area contributed by atoms with E-state index in [1.54, 1.807) is 5.01 Å². The predicted octanol–water partition coefficient (Wildman–Crippen LogP) is 1.09. The van der Waals surface area contributed by atoms with Crippen LogP contribution in [0.2, 0.25) is 0 Å². The lowest BCUT2D eigenvalue weighted by atomic mass is 10.3. The van der Waals surface area contributed by atoms with Crippen molar-refractivity contribution in [2.75, 3.05) is 27.2 Å². The maximum Gasteiger partial charge on any atom is 0.238 e. The molecule has 0 aromatic carbocycles. The summed E-state index contributed by atoms with van der Waals surface area (Å²) in [7, 11) is 3.80. The van der Waals surface area contributed by atoms with Gasteiger partial charge >= 0.3 is 0 Å². The van der Waals surface area contributed by atoms with E-state index in [-0.39, 0.29) is 11.9 Å². The second kappa shape index (κ2) is 7.65. The maximum absolute atomic E-state index is 11.8. The second-order valence-corrected chi connectivity index (χ2v) is 4.18. The third-order valence-corrected chi connectivity index (χ3v) is 2.12. The monoisotopic (exact) mass is 215 g/mol. The van der Waals surface area contributed by atoms with Crippen LogP contribution in [0.3, 0.4) is 0 Å². The number of nitrogens with zero attached hydrogens (tertiary/aromatic N) is 2. The Kier molecular flexibility index (Phi) is 7.34. The van der Waals surface area contributed by atoms with E-state index in [4.69, 9.17) is 0 Å². The number of hydrogen-bond donors (Lipinski definition) is 1. The molecule has 0 aliphatic heterocycles. The Bertz CT molecular complexity index is 173. The lowest BCUT2D eigenvalue weighted by molar-refractivity contribution is -0.148. The van der Waals surface area contributed by atoms with E-state index in [1.165, 1.54) is 0 Å². The van der Waals surface area contributed by atoms with Gasteiger partial charge in [0.05, 0.1) is 0 Å². The summed E-state index contributed by atoms with van der Waals surface area (Å²) < 4.78 is 0. The molecule has 90 valence electrons. The van der Waals surface area contributed by atoms with Gasteiger partial charge in [0, 0.05) is 33.1 Å². The summed E-state index contributed by atoms with van der Waals surface area (Å²) in [6, 6.07) is 0.221. The number of carbonyl (C=O) groups is 1. The highest BCUT2D eigenvalue weighted by Gasteiger charge is 2.17. The molecule has 0 saturated carbocycles. The van der Waals surface area contributed by atoms with Crippen LogP contribution in [0, 0.1) is 0 Å². The van der Waals surface area contributed by atoms with Crippen molar-refractivity contribution >= 4 is 5.91 Å². The Labute approximate surface area is 93.6 Å². The minimum atomic E-state index is 0.179. The highest BCUT2D eigenvalue weighted by molar-refractivity contribution is 5.76. The van der Waals surface area contributed by atoms with E-state index >= 15 is 0 Å². The highest BCUT2D eigenvalue weighted by Crippen LogP contribution is 2.02. The Hall–Kier alpha value is -0.610. The first kappa shape index (κ1) is 14.4. The first-order chi connectivity index (χ1) is 7.00. The Morgan fingerprint density at radius 3 is 2.27 bits per heavy atom. The van der Waals surface area contributed by atoms with Crippen molar-refractivity contribution in [3.63, 3.8) is 0 Å². The number of carbonyl (C=O) groups excluding carboxylic acids is 1. The van der Waals surface area contributed by atoms with Gasteiger partial charge in [-0.05, 0) is 26.8 Å². The zero-order valence-electron chi connectivity index (χ0n) is 10.7. The van der Waals surface area contributed by atoms with Crippen molar-refractivity contribution in [2.24, 2.45) is 0 Å². The van der Waals surface area contributed by atoms with E-state index < -0.39 is 0 Å². The van der Waals surface area contributed by atoms with Gasteiger partial charge in [0.2, 0.25) is 5.91 Å². The summed E-state index contributed by atoms with van der Waals surface area (Å²) in [5.41, 5.74) is 0. The molecule has 0 rings (SSSR count). The molecule has 0 aliphatic carbocycles. The number of nitrogens with one attached hydrogen (secondary N) is 1. The number of amides is 1. The van der Waals surface area contributed by atoms with Crippen molar-refractivity contribution in [3.8, 4) is 0 Å². The van der Waals surface area contributed by atoms with Gasteiger partial charge in [-0.15, -0.1) is 0 Å². The van der Waals surface area contributed by atoms with Crippen molar-refractivity contribution < 1.29 is 4.79 Å². The van der Waals surface area contributed by atoms with Crippen LogP contribution in [0.1, 0.15) is 33.6 Å². The zero-order valence-corrected chi connectivity index (χ0v) is 10.7. The van der Waals surface area contributed by atoms with Crippen LogP contribution in [-0.2, 0) is 4.79 Å². The van der Waals surface area contributed by atoms with Crippen molar-refractivity contribution in [1.29, 1.82) is 0 Å². The molecule has 0 spiro atoms. The summed E-state index contributed by atoms with van der Waals surface area (Å²) >= 11 is 0. The second-order valence-electron chi connectivity index (χ2n) is 4.18. The molecule has 1 amide bonds. The van der Waals surface area contributed by atoms with E-state index in [0.29, 0.717) is 6.42 Å². The number of hydrazine groups is 1. The van der Waals surface area contributed by atoms with Gasteiger partial charge in [-0.25, -0.2) is 5.01 Å². The Balaban J connectivity index is 3.93. The van der Waals surface area contributed by atoms with E-state index in [9.17, 15) is 4.79 Å². The molecular formula is C11H25N3O. The lowest BCUT2D eigenvalue weighted by Crippen LogP contribution is -2.47. The maximum atomic E-state index is 11.8. The fourth-order valence-corrected chi connectivity index (χ4v) is 1.58. The normalized spacial score (nSPS) is 11.1. The summed E-state index contributed by atoms with van der Waals surface area (Å²) in [5, 5.41) is 6.87. The number of rotatable bonds is 7. The van der Waals surface area contributed by atoms with Crippen LogP contribution in [0.25, 0.3) is 0 Å². The molecule has 1 N–H and O–H groups in total. The van der Waals surface area contributed by atoms with Crippen LogP contribution in [-0.4, -0.2) is 49.2 Å². The van der Waals surface area contributed by atoms with Crippen LogP contribution in [0.15, 0.2) is 0 Å². The van der Waals surface area contributed by atoms with Crippen molar-refractivity contribution in [3.05, 3.63) is 0 Å². The van der Waals surface area contributed by atoms with Crippen LogP contribution >= 0.6 is 0 Å². The van der Waals surface area contributed by atoms with Crippen molar-refractivity contribution in [1.82, 2.24) is 15.3 Å². The fraction of sp³-hybridized carbons (Fsp3) is 0.909. The molecule has 0 radical (unpaired) electrons. The average Bonchev–Trinajstić information content (AvgIpc) is 2.11. The molecule has 0 atom stereocenters. The zero-order chi connectivity index (χ0) is 11.8. The third kappa shape index (κ3) is 5.74. The molecular weight excluding hydrogens is 190 g/mol. The van der Waals surface area contributed by atoms with E-state index in [1.807, 2.05) is 33.0 Å². The molecule has 0 bridgehead atoms. The summed E-state index contributed by atoms with van der Waals surface area (Å²) in [6.45, 7) is 7.92. The van der Waals surface area contributed by atoms with Gasteiger partial charge in [0.1, 0.15) is 0 Å². The average molecular weight is 215 g/mol. The minimum absolute atomic E-state index is 0.179. The standard InChI is InChI=1S/C11H25N3O/c1-6-8-12-9-7-11(15)14(10(2)3)13(4)5/h10,12H,6-9H2,1-5H3. The summed E-state index contributed by atoms with van der Waals surface area (Å²) in [6.07, 6.45) is 1.67. The first-order valence-corrected chi connectivity index (χ1v) is 5.70. The van der Waals surface area contributed by atoms with Gasteiger partial charge in [-0.2, -0.15) is 0 Å². The third-order valence-electron chi connectivity index (χ3n) is 2.12. The lowest BCUT2D eigenvalue weighted by Gasteiger charge is -2.32. The summed E-state index contributed by atoms with van der Waals surface area (Å²) in [5.74, 6) is 0.179. The molecule has 0 aromatic rings. The topological polar surface area (TPSA) is 35.6 Å². The quantitative estimate of drug-likeness (QED) is 0.510. The Morgan fingerprint density at radius 2 is 1.87 bits per heavy atom. The largest absolute Gasteiger partial charge is 0.316 e. The van der Waals surface area contributed by atoms with Gasteiger partial charge in [-0.1, -0.05) is 6.92 Å². The van der Waals surface area contributed by atoms with Crippen LogP contribution < -0.4 is 5.32 Å². The Morgan fingerprint density at radius 1 is 1.27 bits per heavy atom. The molecule has 0 aliphatic rings. The number of hydrogen-bond acceptors (Lipinski definition) is 3. The minimum Gasteiger partial charge on any atom is -0.316 e. The smallest absolute Gasteiger partial charge is 0.238 e. The summed E-state index contributed by atoms with van der Waals surface area (Å²) in [4.78, 5) is 11.8. The van der Waals surface area contributed by atoms with Gasteiger partial charge in [0.15, 0.2) is 0 Å². The molecule has 4 nitrogen and oxygen atoms in total. The SMILES string of the molecule is CCCNCCC(=O)N(C(C)C)N(C)C. The first-order valence-electron chi connectivity index (χ1n) is 5.70. The van der Waals surface area contributed by atoms with Crippen molar-refractivity contribution in [2.45, 2.75) is 39.7 Å². The van der Waals surface area contributed by atoms with Gasteiger partial charge < -0.3 is 5.32 Å². The van der Waals surface area contributed by atoms with E-state index in [2.05, 4.69) is 12.2 Å². The fourth-order valence-electron chi connectivity index (χ4n) is 1.58. The van der Waals surface area contributed by atoms with Gasteiger partial charge in [-0.3, -0.25) is 9.80 Å². The molecule has 0 aromatic heterocycles. The van der Waals surface area contributed by atoms with Crippen LogP contribution in [0.4, 0.5) is 0 Å². The molecule has 0 heterocycles. The molecule has 15 heavy (non-hydrogen) atoms. The molecule has 0 unspecified atom stereocenters. The van der Waals surface area contributed by atoms with Gasteiger partial charge in [0.25, 0.3) is 0 Å². The predicted molar refractivity (Wildman–Crippen MR) is 63.4 cm³/mol. The van der Waals surface area contributed by atoms with E-state index in [0.717, 1.165) is 19.5 Å². The molecule has 0 saturated heterocycles.